The molecule has 1 heterocycles. The normalized spacial score (nSPS) is 10.5. The molecule has 2 rings (SSSR count). The number of hydrogen-bond acceptors (Lipinski definition) is 3. The molecule has 1 aromatic heterocycles. The van der Waals surface area contributed by atoms with Crippen molar-refractivity contribution < 1.29 is 9.13 Å². The summed E-state index contributed by atoms with van der Waals surface area (Å²) in [5.74, 6) is 0.124. The Hall–Kier alpha value is -1.43. The highest BCUT2D eigenvalue weighted by Gasteiger charge is 2.08. The summed E-state index contributed by atoms with van der Waals surface area (Å²) in [5, 5.41) is 7.68. The van der Waals surface area contributed by atoms with E-state index in [-0.39, 0.29) is 5.82 Å². The van der Waals surface area contributed by atoms with Gasteiger partial charge in [0.25, 0.3) is 0 Å². The van der Waals surface area contributed by atoms with Crippen molar-refractivity contribution >= 4 is 15.9 Å². The standard InChI is InChI=1S/C11H11BrFN3O/c1-2-16-8(6-14-15-16)7-17-10-5-3-4-9(13)11(10)12/h3-6H,2,7H2,1H3. The van der Waals surface area contributed by atoms with Crippen LogP contribution in [0.4, 0.5) is 4.39 Å². The van der Waals surface area contributed by atoms with Crippen molar-refractivity contribution in [3.05, 3.63) is 40.4 Å². The van der Waals surface area contributed by atoms with Crippen LogP contribution in [0.15, 0.2) is 28.9 Å². The van der Waals surface area contributed by atoms with Gasteiger partial charge in [-0.2, -0.15) is 0 Å². The van der Waals surface area contributed by atoms with Gasteiger partial charge in [-0.05, 0) is 35.0 Å². The predicted molar refractivity (Wildman–Crippen MR) is 64.1 cm³/mol. The predicted octanol–water partition coefficient (Wildman–Crippen LogP) is 2.78. The van der Waals surface area contributed by atoms with Crippen LogP contribution in [0.1, 0.15) is 12.6 Å². The van der Waals surface area contributed by atoms with Crippen LogP contribution < -0.4 is 4.74 Å². The van der Waals surface area contributed by atoms with Gasteiger partial charge in [-0.25, -0.2) is 9.07 Å². The zero-order valence-corrected chi connectivity index (χ0v) is 10.8. The van der Waals surface area contributed by atoms with E-state index in [1.54, 1.807) is 23.0 Å². The molecule has 0 saturated carbocycles. The first-order chi connectivity index (χ1) is 8.22. The van der Waals surface area contributed by atoms with Gasteiger partial charge in [-0.3, -0.25) is 0 Å². The average molecular weight is 300 g/mol. The van der Waals surface area contributed by atoms with Crippen LogP contribution in [0.5, 0.6) is 5.75 Å². The van der Waals surface area contributed by atoms with Gasteiger partial charge in [0.1, 0.15) is 18.2 Å². The van der Waals surface area contributed by atoms with Gasteiger partial charge < -0.3 is 4.74 Å². The number of ether oxygens (including phenoxy) is 1. The van der Waals surface area contributed by atoms with Crippen LogP contribution in [-0.4, -0.2) is 15.0 Å². The van der Waals surface area contributed by atoms with Crippen molar-refractivity contribution in [1.29, 1.82) is 0 Å². The van der Waals surface area contributed by atoms with E-state index in [0.29, 0.717) is 16.8 Å². The van der Waals surface area contributed by atoms with Crippen LogP contribution in [0.2, 0.25) is 0 Å². The van der Waals surface area contributed by atoms with Crippen molar-refractivity contribution in [2.45, 2.75) is 20.1 Å². The highest BCUT2D eigenvalue weighted by Crippen LogP contribution is 2.27. The third-order valence-electron chi connectivity index (χ3n) is 2.29. The summed E-state index contributed by atoms with van der Waals surface area (Å²) in [5.41, 5.74) is 0.851. The molecule has 17 heavy (non-hydrogen) atoms. The van der Waals surface area contributed by atoms with Gasteiger partial charge in [0, 0.05) is 6.54 Å². The third-order valence-corrected chi connectivity index (χ3v) is 3.06. The van der Waals surface area contributed by atoms with Gasteiger partial charge in [0.2, 0.25) is 0 Å². The number of rotatable bonds is 4. The van der Waals surface area contributed by atoms with E-state index < -0.39 is 0 Å². The molecule has 0 aliphatic rings. The Kier molecular flexibility index (Phi) is 3.73. The second-order valence-corrected chi connectivity index (χ2v) is 4.17. The van der Waals surface area contributed by atoms with E-state index in [1.165, 1.54) is 6.07 Å². The van der Waals surface area contributed by atoms with Crippen LogP contribution in [0.25, 0.3) is 0 Å². The van der Waals surface area contributed by atoms with E-state index >= 15 is 0 Å². The summed E-state index contributed by atoms with van der Waals surface area (Å²) in [6.45, 7) is 3.00. The first-order valence-corrected chi connectivity index (χ1v) is 5.96. The summed E-state index contributed by atoms with van der Waals surface area (Å²) in [6, 6.07) is 4.67. The molecule has 0 radical (unpaired) electrons. The van der Waals surface area contributed by atoms with Crippen LogP contribution in [-0.2, 0) is 13.2 Å². The van der Waals surface area contributed by atoms with Gasteiger partial charge in [0.05, 0.1) is 16.4 Å². The molecule has 0 aliphatic carbocycles. The first-order valence-electron chi connectivity index (χ1n) is 5.16. The summed E-state index contributed by atoms with van der Waals surface area (Å²) < 4.78 is 20.8. The van der Waals surface area contributed by atoms with E-state index in [1.807, 2.05) is 6.92 Å². The lowest BCUT2D eigenvalue weighted by atomic mass is 10.3. The molecule has 6 heteroatoms. The number of halogens is 2. The molecule has 1 aromatic carbocycles. The van der Waals surface area contributed by atoms with Crippen LogP contribution in [0.3, 0.4) is 0 Å². The maximum atomic E-state index is 13.2. The molecule has 0 fully saturated rings. The SMILES string of the molecule is CCn1nncc1COc1cccc(F)c1Br. The fourth-order valence-corrected chi connectivity index (χ4v) is 1.78. The highest BCUT2D eigenvalue weighted by molar-refractivity contribution is 9.10. The summed E-state index contributed by atoms with van der Waals surface area (Å²) in [4.78, 5) is 0. The average Bonchev–Trinajstić information content (AvgIpc) is 2.78. The van der Waals surface area contributed by atoms with Crippen molar-refractivity contribution in [3.8, 4) is 5.75 Å². The Balaban J connectivity index is 2.10. The Bertz CT molecular complexity index is 515. The smallest absolute Gasteiger partial charge is 0.141 e. The van der Waals surface area contributed by atoms with Crippen molar-refractivity contribution in [3.63, 3.8) is 0 Å². The van der Waals surface area contributed by atoms with Crippen molar-refractivity contribution in [2.24, 2.45) is 0 Å². The first kappa shape index (κ1) is 12.0. The molecular formula is C11H11BrFN3O. The zero-order valence-electron chi connectivity index (χ0n) is 9.23. The Morgan fingerprint density at radius 3 is 3.06 bits per heavy atom. The van der Waals surface area contributed by atoms with E-state index in [4.69, 9.17) is 4.74 Å². The molecule has 0 saturated heterocycles. The monoisotopic (exact) mass is 299 g/mol. The number of hydrogen-bond donors (Lipinski definition) is 0. The molecular weight excluding hydrogens is 289 g/mol. The minimum absolute atomic E-state index is 0.308. The van der Waals surface area contributed by atoms with Gasteiger partial charge >= 0.3 is 0 Å². The van der Waals surface area contributed by atoms with Gasteiger partial charge in [-0.15, -0.1) is 5.10 Å². The molecule has 0 aliphatic heterocycles. The fraction of sp³-hybridized carbons (Fsp3) is 0.273. The number of benzene rings is 1. The van der Waals surface area contributed by atoms with E-state index in [9.17, 15) is 4.39 Å². The zero-order chi connectivity index (χ0) is 12.3. The fourth-order valence-electron chi connectivity index (χ4n) is 1.40. The molecule has 4 nitrogen and oxygen atoms in total. The van der Waals surface area contributed by atoms with Crippen molar-refractivity contribution in [2.75, 3.05) is 0 Å². The van der Waals surface area contributed by atoms with Crippen LogP contribution >= 0.6 is 15.9 Å². The van der Waals surface area contributed by atoms with E-state index in [2.05, 4.69) is 26.2 Å². The topological polar surface area (TPSA) is 39.9 Å². The number of aromatic nitrogens is 3. The van der Waals surface area contributed by atoms with E-state index in [0.717, 1.165) is 12.2 Å². The highest BCUT2D eigenvalue weighted by atomic mass is 79.9. The minimum atomic E-state index is -0.343. The van der Waals surface area contributed by atoms with Gasteiger partial charge in [-0.1, -0.05) is 11.3 Å². The molecule has 0 spiro atoms. The molecule has 2 aromatic rings. The number of nitrogens with zero attached hydrogens (tertiary/aromatic N) is 3. The second kappa shape index (κ2) is 5.27. The van der Waals surface area contributed by atoms with Crippen molar-refractivity contribution in [1.82, 2.24) is 15.0 Å². The maximum absolute atomic E-state index is 13.2. The molecule has 0 unspecified atom stereocenters. The minimum Gasteiger partial charge on any atom is -0.486 e. The molecule has 0 N–H and O–H groups in total. The summed E-state index contributed by atoms with van der Waals surface area (Å²) in [7, 11) is 0. The third kappa shape index (κ3) is 2.63. The lowest BCUT2D eigenvalue weighted by Gasteiger charge is -2.08. The Morgan fingerprint density at radius 1 is 1.47 bits per heavy atom. The quantitative estimate of drug-likeness (QED) is 0.871. The Labute approximate surface area is 107 Å². The molecule has 0 bridgehead atoms. The Morgan fingerprint density at radius 2 is 2.29 bits per heavy atom. The largest absolute Gasteiger partial charge is 0.486 e. The maximum Gasteiger partial charge on any atom is 0.141 e. The lowest BCUT2D eigenvalue weighted by molar-refractivity contribution is 0.289. The van der Waals surface area contributed by atoms with Gasteiger partial charge in [0.15, 0.2) is 0 Å². The molecule has 0 amide bonds. The number of aryl methyl sites for hydroxylation is 1. The molecule has 0 atom stereocenters. The summed E-state index contributed by atoms with van der Waals surface area (Å²) in [6.07, 6.45) is 1.64. The second-order valence-electron chi connectivity index (χ2n) is 3.38. The molecule has 90 valence electrons. The van der Waals surface area contributed by atoms with Crippen LogP contribution in [0, 0.1) is 5.82 Å². The lowest BCUT2D eigenvalue weighted by Crippen LogP contribution is -2.06. The summed E-state index contributed by atoms with van der Waals surface area (Å²) >= 11 is 3.14.